The third-order valence-electron chi connectivity index (χ3n) is 5.29. The Kier molecular flexibility index (Phi) is 4.30. The van der Waals surface area contributed by atoms with Crippen molar-refractivity contribution in [3.8, 4) is 0 Å². The molecule has 0 spiro atoms. The van der Waals surface area contributed by atoms with Crippen molar-refractivity contribution in [1.82, 2.24) is 5.32 Å². The van der Waals surface area contributed by atoms with E-state index in [0.717, 1.165) is 12.0 Å². The van der Waals surface area contributed by atoms with Gasteiger partial charge in [-0.1, -0.05) is 25.1 Å². The van der Waals surface area contributed by atoms with Crippen LogP contribution >= 0.6 is 0 Å². The van der Waals surface area contributed by atoms with Crippen LogP contribution in [0.15, 0.2) is 24.3 Å². The minimum absolute atomic E-state index is 0.527. The molecule has 110 valence electrons. The Bertz CT molecular complexity index is 435. The number of nitrogens with one attached hydrogen (secondary N) is 1. The lowest BCUT2D eigenvalue weighted by atomic mass is 9.86. The second-order valence-corrected chi connectivity index (χ2v) is 6.65. The van der Waals surface area contributed by atoms with Gasteiger partial charge in [-0.3, -0.25) is 0 Å². The molecule has 0 saturated heterocycles. The number of anilines is 1. The molecule has 1 N–H and O–H groups in total. The minimum atomic E-state index is 0.527. The average Bonchev–Trinajstić information content (AvgIpc) is 2.67. The largest absolute Gasteiger partial charge is 0.368 e. The lowest BCUT2D eigenvalue weighted by Gasteiger charge is -2.38. The average molecular weight is 272 g/mol. The first kappa shape index (κ1) is 13.9. The van der Waals surface area contributed by atoms with Crippen LogP contribution in [-0.2, 0) is 0 Å². The molecular weight excluding hydrogens is 244 g/mol. The van der Waals surface area contributed by atoms with Gasteiger partial charge < -0.3 is 10.2 Å². The molecular formula is C18H28N2. The lowest BCUT2D eigenvalue weighted by Crippen LogP contribution is -2.38. The number of rotatable bonds is 2. The van der Waals surface area contributed by atoms with Crippen LogP contribution in [0.1, 0.15) is 57.1 Å². The standard InChI is InChI=1S/C18H28N2/c1-14-9-11-15(12-10-14)20-13-5-7-17(19-2)16-6-3-4-8-18(16)20/h3-4,6,8,14-15,17,19H,5,7,9-13H2,1-2H3. The van der Waals surface area contributed by atoms with Gasteiger partial charge >= 0.3 is 0 Å². The van der Waals surface area contributed by atoms with Crippen LogP contribution in [-0.4, -0.2) is 19.6 Å². The third-order valence-corrected chi connectivity index (χ3v) is 5.29. The summed E-state index contributed by atoms with van der Waals surface area (Å²) in [6.45, 7) is 3.64. The van der Waals surface area contributed by atoms with Gasteiger partial charge in [0.2, 0.25) is 0 Å². The van der Waals surface area contributed by atoms with E-state index in [4.69, 9.17) is 0 Å². The molecule has 3 rings (SSSR count). The fourth-order valence-electron chi connectivity index (χ4n) is 4.02. The van der Waals surface area contributed by atoms with E-state index in [1.54, 1.807) is 0 Å². The van der Waals surface area contributed by atoms with Gasteiger partial charge in [-0.15, -0.1) is 0 Å². The first-order chi connectivity index (χ1) is 9.79. The van der Waals surface area contributed by atoms with Crippen LogP contribution in [0.2, 0.25) is 0 Å². The Morgan fingerprint density at radius 2 is 1.80 bits per heavy atom. The summed E-state index contributed by atoms with van der Waals surface area (Å²) in [7, 11) is 2.10. The molecule has 1 aromatic carbocycles. The van der Waals surface area contributed by atoms with Gasteiger partial charge in [0.05, 0.1) is 0 Å². The van der Waals surface area contributed by atoms with Gasteiger partial charge in [0, 0.05) is 24.3 Å². The third kappa shape index (κ3) is 2.71. The molecule has 2 nitrogen and oxygen atoms in total. The van der Waals surface area contributed by atoms with Crippen molar-refractivity contribution >= 4 is 5.69 Å². The second-order valence-electron chi connectivity index (χ2n) is 6.65. The SMILES string of the molecule is CNC1CCCN(C2CCC(C)CC2)c2ccccc21. The summed E-state index contributed by atoms with van der Waals surface area (Å²) in [5, 5.41) is 3.50. The summed E-state index contributed by atoms with van der Waals surface area (Å²) in [6, 6.07) is 10.3. The molecule has 1 aliphatic carbocycles. The van der Waals surface area contributed by atoms with E-state index >= 15 is 0 Å². The second kappa shape index (κ2) is 6.17. The van der Waals surface area contributed by atoms with Crippen molar-refractivity contribution in [3.63, 3.8) is 0 Å². The minimum Gasteiger partial charge on any atom is -0.368 e. The van der Waals surface area contributed by atoms with E-state index in [1.807, 2.05) is 0 Å². The molecule has 1 fully saturated rings. The lowest BCUT2D eigenvalue weighted by molar-refractivity contribution is 0.333. The summed E-state index contributed by atoms with van der Waals surface area (Å²) in [5.74, 6) is 0.929. The summed E-state index contributed by atoms with van der Waals surface area (Å²) in [4.78, 5) is 2.72. The molecule has 1 heterocycles. The molecule has 0 radical (unpaired) electrons. The summed E-state index contributed by atoms with van der Waals surface area (Å²) < 4.78 is 0. The van der Waals surface area contributed by atoms with Crippen LogP contribution in [0.4, 0.5) is 5.69 Å². The zero-order valence-electron chi connectivity index (χ0n) is 12.9. The molecule has 0 amide bonds. The van der Waals surface area contributed by atoms with E-state index in [0.29, 0.717) is 6.04 Å². The van der Waals surface area contributed by atoms with Crippen LogP contribution in [0.5, 0.6) is 0 Å². The van der Waals surface area contributed by atoms with Crippen molar-refractivity contribution in [1.29, 1.82) is 0 Å². The maximum absolute atomic E-state index is 3.50. The topological polar surface area (TPSA) is 15.3 Å². The van der Waals surface area contributed by atoms with Gasteiger partial charge in [-0.25, -0.2) is 0 Å². The quantitative estimate of drug-likeness (QED) is 0.871. The Morgan fingerprint density at radius 1 is 1.05 bits per heavy atom. The Labute approximate surface area is 123 Å². The maximum Gasteiger partial charge on any atom is 0.0417 e. The van der Waals surface area contributed by atoms with E-state index < -0.39 is 0 Å². The van der Waals surface area contributed by atoms with Crippen LogP contribution in [0, 0.1) is 5.92 Å². The highest BCUT2D eigenvalue weighted by atomic mass is 15.2. The molecule has 2 aliphatic rings. The van der Waals surface area contributed by atoms with Gasteiger partial charge in [0.1, 0.15) is 0 Å². The molecule has 2 heteroatoms. The van der Waals surface area contributed by atoms with Gasteiger partial charge in [0.15, 0.2) is 0 Å². The van der Waals surface area contributed by atoms with Gasteiger partial charge in [-0.2, -0.15) is 0 Å². The molecule has 1 aliphatic heterocycles. The number of para-hydroxylation sites is 1. The number of nitrogens with zero attached hydrogens (tertiary/aromatic N) is 1. The molecule has 0 aromatic heterocycles. The monoisotopic (exact) mass is 272 g/mol. The molecule has 0 bridgehead atoms. The predicted molar refractivity (Wildman–Crippen MR) is 86.2 cm³/mol. The zero-order chi connectivity index (χ0) is 13.9. The van der Waals surface area contributed by atoms with E-state index in [1.165, 1.54) is 56.3 Å². The van der Waals surface area contributed by atoms with Crippen molar-refractivity contribution in [2.45, 2.75) is 57.5 Å². The van der Waals surface area contributed by atoms with Crippen molar-refractivity contribution in [3.05, 3.63) is 29.8 Å². The fourth-order valence-corrected chi connectivity index (χ4v) is 4.02. The summed E-state index contributed by atoms with van der Waals surface area (Å²) >= 11 is 0. The van der Waals surface area contributed by atoms with Crippen molar-refractivity contribution in [2.75, 3.05) is 18.5 Å². The number of hydrogen-bond donors (Lipinski definition) is 1. The van der Waals surface area contributed by atoms with Crippen molar-refractivity contribution < 1.29 is 0 Å². The highest BCUT2D eigenvalue weighted by Gasteiger charge is 2.28. The van der Waals surface area contributed by atoms with Crippen LogP contribution in [0.25, 0.3) is 0 Å². The maximum atomic E-state index is 3.50. The molecule has 1 saturated carbocycles. The van der Waals surface area contributed by atoms with Crippen LogP contribution < -0.4 is 10.2 Å². The fraction of sp³-hybridized carbons (Fsp3) is 0.667. The summed E-state index contributed by atoms with van der Waals surface area (Å²) in [6.07, 6.45) is 8.11. The van der Waals surface area contributed by atoms with E-state index in [-0.39, 0.29) is 0 Å². The molecule has 1 atom stereocenters. The van der Waals surface area contributed by atoms with E-state index in [2.05, 4.69) is 48.5 Å². The first-order valence-corrected chi connectivity index (χ1v) is 8.32. The van der Waals surface area contributed by atoms with Crippen LogP contribution in [0.3, 0.4) is 0 Å². The highest BCUT2D eigenvalue weighted by Crippen LogP contribution is 2.37. The molecule has 1 aromatic rings. The predicted octanol–water partition coefficient (Wildman–Crippen LogP) is 4.13. The Morgan fingerprint density at radius 3 is 2.55 bits per heavy atom. The first-order valence-electron chi connectivity index (χ1n) is 8.32. The number of hydrogen-bond acceptors (Lipinski definition) is 2. The number of benzene rings is 1. The van der Waals surface area contributed by atoms with Gasteiger partial charge in [0.25, 0.3) is 0 Å². The highest BCUT2D eigenvalue weighted by molar-refractivity contribution is 5.56. The summed E-state index contributed by atoms with van der Waals surface area (Å²) in [5.41, 5.74) is 3.00. The Balaban J connectivity index is 1.87. The molecule has 1 unspecified atom stereocenters. The zero-order valence-corrected chi connectivity index (χ0v) is 12.9. The number of fused-ring (bicyclic) bond motifs is 1. The normalized spacial score (nSPS) is 30.7. The van der Waals surface area contributed by atoms with Crippen molar-refractivity contribution in [2.24, 2.45) is 5.92 Å². The van der Waals surface area contributed by atoms with Gasteiger partial charge in [-0.05, 0) is 63.1 Å². The smallest absolute Gasteiger partial charge is 0.0417 e. The molecule has 20 heavy (non-hydrogen) atoms. The Hall–Kier alpha value is -1.02. The van der Waals surface area contributed by atoms with E-state index in [9.17, 15) is 0 Å².